The van der Waals surface area contributed by atoms with E-state index in [1.165, 1.54) is 12.2 Å². The highest BCUT2D eigenvalue weighted by molar-refractivity contribution is 5.47. The van der Waals surface area contributed by atoms with E-state index in [-0.39, 0.29) is 11.6 Å². The zero-order chi connectivity index (χ0) is 23.6. The minimum atomic E-state index is -2.92. The van der Waals surface area contributed by atoms with E-state index in [2.05, 4.69) is 38.2 Å². The molecule has 168 valence electrons. The van der Waals surface area contributed by atoms with E-state index in [0.717, 1.165) is 11.1 Å². The summed E-state index contributed by atoms with van der Waals surface area (Å²) in [6.07, 6.45) is 2.84. The number of aromatic nitrogens is 2. The number of benzene rings is 2. The number of nitrogens with zero attached hydrogens (tertiary/aromatic N) is 2. The minimum absolute atomic E-state index is 0.114. The summed E-state index contributed by atoms with van der Waals surface area (Å²) in [5.41, 5.74) is 7.89. The van der Waals surface area contributed by atoms with Gasteiger partial charge in [0.15, 0.2) is 11.5 Å². The van der Waals surface area contributed by atoms with Crippen LogP contribution < -0.4 is 9.47 Å². The lowest BCUT2D eigenvalue weighted by molar-refractivity contribution is -0.0918. The van der Waals surface area contributed by atoms with E-state index in [0.29, 0.717) is 30.2 Å². The van der Waals surface area contributed by atoms with Gasteiger partial charge in [0, 0.05) is 6.07 Å². The van der Waals surface area contributed by atoms with Crippen LogP contribution in [0.3, 0.4) is 0 Å². The van der Waals surface area contributed by atoms with Gasteiger partial charge in [-0.15, -0.1) is 10.2 Å². The summed E-state index contributed by atoms with van der Waals surface area (Å²) in [4.78, 5) is 0. The number of halogens is 2. The standard InChI is InChI=1S/C27H18F2N2O3/c28-27(29)34-24-15-12-20(13-16-24)11-14-23-17-25(32-18-21-7-3-1-4-8-21)26(31-30-23)33-19-22-9-5-2-6-10-22/h1-10,12,15,17,27H,18-19H2. The van der Waals surface area contributed by atoms with Crippen LogP contribution in [0.1, 0.15) is 16.8 Å². The highest BCUT2D eigenvalue weighted by Crippen LogP contribution is 2.26. The van der Waals surface area contributed by atoms with Crippen molar-refractivity contribution in [2.75, 3.05) is 0 Å². The van der Waals surface area contributed by atoms with Crippen molar-refractivity contribution >= 4 is 0 Å². The van der Waals surface area contributed by atoms with Gasteiger partial charge in [-0.3, -0.25) is 0 Å². The fourth-order valence-electron chi connectivity index (χ4n) is 2.83. The largest absolute Gasteiger partial charge is 0.483 e. The van der Waals surface area contributed by atoms with Gasteiger partial charge in [-0.25, -0.2) is 0 Å². The Balaban J connectivity index is 1.54. The number of rotatable bonds is 8. The van der Waals surface area contributed by atoms with Crippen LogP contribution in [-0.2, 0) is 18.0 Å². The Bertz CT molecular complexity index is 1330. The molecule has 0 spiro atoms. The van der Waals surface area contributed by atoms with Gasteiger partial charge in [0.2, 0.25) is 0 Å². The number of allylic oxidation sites excluding steroid dienone is 3. The SMILES string of the molecule is FC(F)OC1=C=C=C(C#Cc2cc(OCc3ccccc3)c(OCc3ccccc3)nn2)C=C1. The zero-order valence-electron chi connectivity index (χ0n) is 17.9. The molecule has 1 aliphatic rings. The van der Waals surface area contributed by atoms with Crippen LogP contribution in [0.25, 0.3) is 0 Å². The van der Waals surface area contributed by atoms with Crippen molar-refractivity contribution in [1.29, 1.82) is 0 Å². The Labute approximate surface area is 195 Å². The Morgan fingerprint density at radius 1 is 0.794 bits per heavy atom. The van der Waals surface area contributed by atoms with E-state index in [1.54, 1.807) is 6.07 Å². The first-order valence-corrected chi connectivity index (χ1v) is 10.3. The highest BCUT2D eigenvalue weighted by atomic mass is 19.3. The van der Waals surface area contributed by atoms with Crippen molar-refractivity contribution in [3.8, 4) is 23.5 Å². The topological polar surface area (TPSA) is 53.5 Å². The fourth-order valence-corrected chi connectivity index (χ4v) is 2.83. The van der Waals surface area contributed by atoms with Crippen molar-refractivity contribution in [2.24, 2.45) is 0 Å². The third kappa shape index (κ3) is 6.69. The summed E-state index contributed by atoms with van der Waals surface area (Å²) in [6, 6.07) is 21.0. The molecule has 3 aromatic rings. The smallest absolute Gasteiger partial charge is 0.388 e. The van der Waals surface area contributed by atoms with E-state index < -0.39 is 6.61 Å². The number of hydrogen-bond donors (Lipinski definition) is 0. The molecule has 0 atom stereocenters. The number of ether oxygens (including phenoxy) is 3. The fraction of sp³-hybridized carbons (Fsp3) is 0.111. The molecule has 0 saturated carbocycles. The van der Waals surface area contributed by atoms with Crippen molar-refractivity contribution in [1.82, 2.24) is 10.2 Å². The van der Waals surface area contributed by atoms with Gasteiger partial charge in [-0.1, -0.05) is 66.6 Å². The Morgan fingerprint density at radius 2 is 1.47 bits per heavy atom. The first kappa shape index (κ1) is 22.6. The maximum Gasteiger partial charge on any atom is 0.388 e. The molecule has 2 aromatic carbocycles. The van der Waals surface area contributed by atoms with Crippen LogP contribution in [0.5, 0.6) is 11.6 Å². The van der Waals surface area contributed by atoms with Crippen molar-refractivity contribution < 1.29 is 23.0 Å². The molecule has 1 aliphatic carbocycles. The van der Waals surface area contributed by atoms with Gasteiger partial charge in [-0.2, -0.15) is 8.78 Å². The van der Waals surface area contributed by atoms with Crippen molar-refractivity contribution in [3.63, 3.8) is 0 Å². The first-order chi connectivity index (χ1) is 16.7. The summed E-state index contributed by atoms with van der Waals surface area (Å²) in [5.74, 6) is 6.24. The Hall–Kier alpha value is -4.62. The second kappa shape index (κ2) is 11.3. The molecule has 5 nitrogen and oxygen atoms in total. The zero-order valence-corrected chi connectivity index (χ0v) is 17.9. The van der Waals surface area contributed by atoms with E-state index in [4.69, 9.17) is 9.47 Å². The van der Waals surface area contributed by atoms with Gasteiger partial charge in [0.25, 0.3) is 5.88 Å². The molecule has 0 unspecified atom stereocenters. The molecule has 4 rings (SSSR count). The lowest BCUT2D eigenvalue weighted by atomic mass is 10.2. The number of hydrogen-bond acceptors (Lipinski definition) is 5. The summed E-state index contributed by atoms with van der Waals surface area (Å²) < 4.78 is 40.6. The molecule has 0 radical (unpaired) electrons. The van der Waals surface area contributed by atoms with Crippen LogP contribution in [-0.4, -0.2) is 16.8 Å². The maximum atomic E-state index is 12.3. The lowest BCUT2D eigenvalue weighted by Crippen LogP contribution is -2.04. The third-order valence-electron chi connectivity index (χ3n) is 4.45. The molecule has 0 aliphatic heterocycles. The van der Waals surface area contributed by atoms with Gasteiger partial charge in [0.1, 0.15) is 18.9 Å². The minimum Gasteiger partial charge on any atom is -0.483 e. The second-order valence-electron chi connectivity index (χ2n) is 6.94. The molecule has 1 heterocycles. The van der Waals surface area contributed by atoms with E-state index in [1.807, 2.05) is 60.7 Å². The predicted octanol–water partition coefficient (Wildman–Crippen LogP) is 5.36. The van der Waals surface area contributed by atoms with Crippen molar-refractivity contribution in [2.45, 2.75) is 19.8 Å². The van der Waals surface area contributed by atoms with Gasteiger partial charge >= 0.3 is 6.61 Å². The van der Waals surface area contributed by atoms with Gasteiger partial charge < -0.3 is 14.2 Å². The first-order valence-electron chi connectivity index (χ1n) is 10.3. The normalized spacial score (nSPS) is 11.9. The second-order valence-corrected chi connectivity index (χ2v) is 6.94. The molecule has 0 amide bonds. The highest BCUT2D eigenvalue weighted by Gasteiger charge is 2.11. The molecule has 0 N–H and O–H groups in total. The molecular weight excluding hydrogens is 438 g/mol. The average molecular weight is 456 g/mol. The van der Waals surface area contributed by atoms with Gasteiger partial charge in [0.05, 0.1) is 5.57 Å². The molecule has 1 aromatic heterocycles. The summed E-state index contributed by atoms with van der Waals surface area (Å²) in [7, 11) is 0. The number of alkyl halides is 2. The predicted molar refractivity (Wildman–Crippen MR) is 121 cm³/mol. The molecule has 0 bridgehead atoms. The van der Waals surface area contributed by atoms with Gasteiger partial charge in [-0.05, 0) is 40.7 Å². The summed E-state index contributed by atoms with van der Waals surface area (Å²) in [5, 5.41) is 8.25. The van der Waals surface area contributed by atoms with Crippen LogP contribution >= 0.6 is 0 Å². The lowest BCUT2D eigenvalue weighted by Gasteiger charge is -2.11. The van der Waals surface area contributed by atoms with Crippen LogP contribution in [0, 0.1) is 11.8 Å². The molecule has 0 saturated heterocycles. The third-order valence-corrected chi connectivity index (χ3v) is 4.45. The summed E-state index contributed by atoms with van der Waals surface area (Å²) >= 11 is 0. The van der Waals surface area contributed by atoms with E-state index >= 15 is 0 Å². The molecule has 34 heavy (non-hydrogen) atoms. The quantitative estimate of drug-likeness (QED) is 0.338. The van der Waals surface area contributed by atoms with Crippen LogP contribution in [0.2, 0.25) is 0 Å². The maximum absolute atomic E-state index is 12.3. The van der Waals surface area contributed by atoms with Crippen molar-refractivity contribution in [3.05, 3.63) is 118 Å². The molecular formula is C27H18F2N2O3. The van der Waals surface area contributed by atoms with Crippen LogP contribution in [0.15, 0.2) is 102 Å². The molecule has 0 fully saturated rings. The monoisotopic (exact) mass is 456 g/mol. The Kier molecular flexibility index (Phi) is 7.50. The average Bonchev–Trinajstić information content (AvgIpc) is 2.87. The Morgan fingerprint density at radius 3 is 2.09 bits per heavy atom. The van der Waals surface area contributed by atoms with Crippen LogP contribution in [0.4, 0.5) is 8.78 Å². The van der Waals surface area contributed by atoms with E-state index in [9.17, 15) is 8.78 Å². The summed E-state index contributed by atoms with van der Waals surface area (Å²) in [6.45, 7) is -2.30. The molecule has 7 heteroatoms.